The van der Waals surface area contributed by atoms with Crippen molar-refractivity contribution in [2.24, 2.45) is 17.3 Å². The van der Waals surface area contributed by atoms with Crippen molar-refractivity contribution >= 4 is 11.9 Å². The molecule has 0 saturated heterocycles. The zero-order valence-electron chi connectivity index (χ0n) is 14.2. The van der Waals surface area contributed by atoms with Crippen LogP contribution in [0.4, 0.5) is 0 Å². The minimum Gasteiger partial charge on any atom is -0.465 e. The molecule has 1 aliphatic carbocycles. The highest BCUT2D eigenvalue weighted by Crippen LogP contribution is 2.30. The average molecular weight is 297 g/mol. The molecule has 1 saturated carbocycles. The molecular formula is C17H31NO3. The number of esters is 1. The number of nitrogens with one attached hydrogen (secondary N) is 1. The summed E-state index contributed by atoms with van der Waals surface area (Å²) >= 11 is 0. The lowest BCUT2D eigenvalue weighted by Crippen LogP contribution is -2.49. The van der Waals surface area contributed by atoms with Crippen molar-refractivity contribution in [3.63, 3.8) is 0 Å². The average Bonchev–Trinajstić information content (AvgIpc) is 2.38. The highest BCUT2D eigenvalue weighted by Gasteiger charge is 2.40. The lowest BCUT2D eigenvalue weighted by atomic mass is 9.78. The van der Waals surface area contributed by atoms with Crippen molar-refractivity contribution in [3.8, 4) is 0 Å². The van der Waals surface area contributed by atoms with E-state index in [9.17, 15) is 9.59 Å². The first-order chi connectivity index (χ1) is 9.81. The number of carbonyl (C=O) groups excluding carboxylic acids is 2. The lowest BCUT2D eigenvalue weighted by molar-refractivity contribution is -0.157. The second-order valence-electron chi connectivity index (χ2n) is 7.12. The number of amides is 1. The zero-order chi connectivity index (χ0) is 16.0. The van der Waals surface area contributed by atoms with Gasteiger partial charge in [0.15, 0.2) is 0 Å². The molecular weight excluding hydrogens is 266 g/mol. The van der Waals surface area contributed by atoms with Crippen LogP contribution >= 0.6 is 0 Å². The summed E-state index contributed by atoms with van der Waals surface area (Å²) in [4.78, 5) is 24.8. The third-order valence-corrected chi connectivity index (χ3v) is 4.41. The molecule has 0 heterocycles. The van der Waals surface area contributed by atoms with Crippen LogP contribution in [-0.2, 0) is 14.3 Å². The van der Waals surface area contributed by atoms with Crippen LogP contribution in [0.15, 0.2) is 0 Å². The second-order valence-corrected chi connectivity index (χ2v) is 7.12. The standard InChI is InChI=1S/C17H31NO3/c1-6-12-10-8-9-11-13(12)18-15(19)14(17(3,4)5)16(20)21-7-2/h12-14H,6-11H2,1-5H3,(H,18,19). The molecule has 1 N–H and O–H groups in total. The van der Waals surface area contributed by atoms with Crippen molar-refractivity contribution in [2.75, 3.05) is 6.61 Å². The van der Waals surface area contributed by atoms with Gasteiger partial charge in [-0.2, -0.15) is 0 Å². The van der Waals surface area contributed by atoms with Gasteiger partial charge in [0.2, 0.25) is 5.91 Å². The zero-order valence-corrected chi connectivity index (χ0v) is 14.2. The number of carbonyl (C=O) groups is 2. The van der Waals surface area contributed by atoms with Gasteiger partial charge >= 0.3 is 5.97 Å². The van der Waals surface area contributed by atoms with E-state index in [0.29, 0.717) is 12.5 Å². The second kappa shape index (κ2) is 7.81. The Bertz CT molecular complexity index is 360. The summed E-state index contributed by atoms with van der Waals surface area (Å²) in [5, 5.41) is 3.13. The first-order valence-corrected chi connectivity index (χ1v) is 8.28. The molecule has 122 valence electrons. The van der Waals surface area contributed by atoms with E-state index >= 15 is 0 Å². The predicted octanol–water partition coefficient (Wildman–Crippen LogP) is 3.30. The quantitative estimate of drug-likeness (QED) is 0.626. The fraction of sp³-hybridized carbons (Fsp3) is 0.882. The van der Waals surface area contributed by atoms with Gasteiger partial charge in [0.25, 0.3) is 0 Å². The summed E-state index contributed by atoms with van der Waals surface area (Å²) in [7, 11) is 0. The molecule has 1 aliphatic rings. The summed E-state index contributed by atoms with van der Waals surface area (Å²) in [5.41, 5.74) is -0.438. The summed E-state index contributed by atoms with van der Waals surface area (Å²) in [6, 6.07) is 0.204. The molecule has 0 aliphatic heterocycles. The summed E-state index contributed by atoms with van der Waals surface area (Å²) in [6.07, 6.45) is 5.65. The van der Waals surface area contributed by atoms with Gasteiger partial charge in [-0.05, 0) is 31.1 Å². The summed E-state index contributed by atoms with van der Waals surface area (Å²) in [5.74, 6) is -0.792. The third-order valence-electron chi connectivity index (χ3n) is 4.41. The lowest BCUT2D eigenvalue weighted by Gasteiger charge is -2.34. The largest absolute Gasteiger partial charge is 0.465 e. The first-order valence-electron chi connectivity index (χ1n) is 8.28. The van der Waals surface area contributed by atoms with Gasteiger partial charge in [-0.3, -0.25) is 9.59 Å². The molecule has 0 radical (unpaired) electrons. The van der Waals surface area contributed by atoms with Gasteiger partial charge in [0, 0.05) is 6.04 Å². The number of hydrogen-bond donors (Lipinski definition) is 1. The summed E-state index contributed by atoms with van der Waals surface area (Å²) in [6.45, 7) is 9.97. The SMILES string of the molecule is CCOC(=O)C(C(=O)NC1CCCCC1CC)C(C)(C)C. The predicted molar refractivity (Wildman–Crippen MR) is 83.8 cm³/mol. The molecule has 0 spiro atoms. The maximum absolute atomic E-state index is 12.6. The fourth-order valence-corrected chi connectivity index (χ4v) is 3.23. The first kappa shape index (κ1) is 18.0. The van der Waals surface area contributed by atoms with E-state index in [2.05, 4.69) is 12.2 Å². The molecule has 21 heavy (non-hydrogen) atoms. The molecule has 3 atom stereocenters. The van der Waals surface area contributed by atoms with E-state index in [4.69, 9.17) is 4.74 Å². The Balaban J connectivity index is 2.78. The van der Waals surface area contributed by atoms with Gasteiger partial charge < -0.3 is 10.1 Å². The fourth-order valence-electron chi connectivity index (χ4n) is 3.23. The molecule has 0 aromatic carbocycles. The molecule has 1 amide bonds. The maximum atomic E-state index is 12.6. The Morgan fingerprint density at radius 1 is 1.19 bits per heavy atom. The van der Waals surface area contributed by atoms with Crippen LogP contribution in [0.2, 0.25) is 0 Å². The molecule has 1 fully saturated rings. The highest BCUT2D eigenvalue weighted by molar-refractivity contribution is 5.98. The van der Waals surface area contributed by atoms with E-state index in [1.54, 1.807) is 6.92 Å². The molecule has 0 aromatic rings. The van der Waals surface area contributed by atoms with Gasteiger partial charge in [-0.15, -0.1) is 0 Å². The van der Waals surface area contributed by atoms with Gasteiger partial charge in [0.1, 0.15) is 5.92 Å². The molecule has 3 unspecified atom stereocenters. The smallest absolute Gasteiger partial charge is 0.319 e. The Hall–Kier alpha value is -1.06. The topological polar surface area (TPSA) is 55.4 Å². The van der Waals surface area contributed by atoms with Crippen LogP contribution in [0.1, 0.15) is 66.7 Å². The van der Waals surface area contributed by atoms with E-state index in [1.807, 2.05) is 20.8 Å². The normalized spacial score (nSPS) is 24.2. The highest BCUT2D eigenvalue weighted by atomic mass is 16.5. The number of ether oxygens (including phenoxy) is 1. The molecule has 4 heteroatoms. The van der Waals surface area contributed by atoms with Gasteiger partial charge in [-0.25, -0.2) is 0 Å². The van der Waals surface area contributed by atoms with Crippen LogP contribution in [0, 0.1) is 17.3 Å². The van der Waals surface area contributed by atoms with E-state index in [1.165, 1.54) is 12.8 Å². The van der Waals surface area contributed by atoms with Crippen LogP contribution in [0.5, 0.6) is 0 Å². The van der Waals surface area contributed by atoms with Crippen LogP contribution in [0.25, 0.3) is 0 Å². The van der Waals surface area contributed by atoms with E-state index in [0.717, 1.165) is 19.3 Å². The van der Waals surface area contributed by atoms with Crippen molar-refractivity contribution in [2.45, 2.75) is 72.8 Å². The molecule has 0 bridgehead atoms. The van der Waals surface area contributed by atoms with E-state index < -0.39 is 17.3 Å². The van der Waals surface area contributed by atoms with Crippen LogP contribution in [0.3, 0.4) is 0 Å². The molecule has 0 aromatic heterocycles. The van der Waals surface area contributed by atoms with Crippen molar-refractivity contribution in [1.29, 1.82) is 0 Å². The van der Waals surface area contributed by atoms with Gasteiger partial charge in [0.05, 0.1) is 6.61 Å². The van der Waals surface area contributed by atoms with Crippen molar-refractivity contribution in [3.05, 3.63) is 0 Å². The van der Waals surface area contributed by atoms with E-state index in [-0.39, 0.29) is 11.9 Å². The minimum absolute atomic E-state index is 0.175. The number of rotatable bonds is 5. The van der Waals surface area contributed by atoms with Crippen molar-refractivity contribution < 1.29 is 14.3 Å². The maximum Gasteiger partial charge on any atom is 0.319 e. The van der Waals surface area contributed by atoms with Crippen molar-refractivity contribution in [1.82, 2.24) is 5.32 Å². The Kier molecular flexibility index (Phi) is 6.69. The third kappa shape index (κ3) is 5.01. The minimum atomic E-state index is -0.739. The Morgan fingerprint density at radius 3 is 2.33 bits per heavy atom. The van der Waals surface area contributed by atoms with Crippen LogP contribution in [-0.4, -0.2) is 24.5 Å². The summed E-state index contributed by atoms with van der Waals surface area (Å²) < 4.78 is 5.09. The Morgan fingerprint density at radius 2 is 1.81 bits per heavy atom. The Labute approximate surface area is 129 Å². The number of hydrogen-bond acceptors (Lipinski definition) is 3. The van der Waals surface area contributed by atoms with Gasteiger partial charge in [-0.1, -0.05) is 47.0 Å². The van der Waals surface area contributed by atoms with Crippen LogP contribution < -0.4 is 5.32 Å². The molecule has 1 rings (SSSR count). The monoisotopic (exact) mass is 297 g/mol. The molecule has 4 nitrogen and oxygen atoms in total.